The SMILES string of the molecule is COc1cc(CSc2ncc[nH]2)ccc1C(=N)N. The molecule has 0 unspecified atom stereocenters. The minimum atomic E-state index is 0.0112. The van der Waals surface area contributed by atoms with E-state index in [1.54, 1.807) is 37.3 Å². The fraction of sp³-hybridized carbons (Fsp3) is 0.167. The molecule has 1 aromatic carbocycles. The van der Waals surface area contributed by atoms with Crippen LogP contribution in [0.25, 0.3) is 0 Å². The Morgan fingerprint density at radius 3 is 3.00 bits per heavy atom. The van der Waals surface area contributed by atoms with Gasteiger partial charge in [-0.3, -0.25) is 5.41 Å². The zero-order valence-electron chi connectivity index (χ0n) is 9.93. The summed E-state index contributed by atoms with van der Waals surface area (Å²) in [6.45, 7) is 0. The Bertz CT molecular complexity index is 539. The average Bonchev–Trinajstić information content (AvgIpc) is 2.88. The van der Waals surface area contributed by atoms with Crippen LogP contribution in [0.15, 0.2) is 35.7 Å². The summed E-state index contributed by atoms with van der Waals surface area (Å²) < 4.78 is 5.23. The number of imidazole rings is 1. The van der Waals surface area contributed by atoms with Crippen molar-refractivity contribution in [3.63, 3.8) is 0 Å². The van der Waals surface area contributed by atoms with E-state index in [-0.39, 0.29) is 5.84 Å². The van der Waals surface area contributed by atoms with Crippen molar-refractivity contribution in [2.45, 2.75) is 10.9 Å². The largest absolute Gasteiger partial charge is 0.496 e. The van der Waals surface area contributed by atoms with Crippen molar-refractivity contribution in [2.24, 2.45) is 5.73 Å². The number of H-pyrrole nitrogens is 1. The van der Waals surface area contributed by atoms with Gasteiger partial charge in [0.2, 0.25) is 0 Å². The van der Waals surface area contributed by atoms with E-state index >= 15 is 0 Å². The lowest BCUT2D eigenvalue weighted by molar-refractivity contribution is 0.413. The molecular formula is C12H14N4OS. The number of aromatic nitrogens is 2. The number of aromatic amines is 1. The van der Waals surface area contributed by atoms with Gasteiger partial charge in [0, 0.05) is 18.1 Å². The summed E-state index contributed by atoms with van der Waals surface area (Å²) in [4.78, 5) is 7.17. The summed E-state index contributed by atoms with van der Waals surface area (Å²) in [6, 6.07) is 5.64. The molecule has 0 saturated heterocycles. The highest BCUT2D eigenvalue weighted by atomic mass is 32.2. The van der Waals surface area contributed by atoms with Gasteiger partial charge >= 0.3 is 0 Å². The maximum absolute atomic E-state index is 7.44. The second kappa shape index (κ2) is 5.59. The third kappa shape index (κ3) is 2.84. The Hall–Kier alpha value is -1.95. The second-order valence-electron chi connectivity index (χ2n) is 3.63. The number of nitrogen functional groups attached to an aromatic ring is 1. The van der Waals surface area contributed by atoms with Crippen molar-refractivity contribution < 1.29 is 4.74 Å². The third-order valence-corrected chi connectivity index (χ3v) is 3.38. The highest BCUT2D eigenvalue weighted by Crippen LogP contribution is 2.24. The van der Waals surface area contributed by atoms with E-state index in [2.05, 4.69) is 9.97 Å². The lowest BCUT2D eigenvalue weighted by Crippen LogP contribution is -2.12. The fourth-order valence-electron chi connectivity index (χ4n) is 1.53. The van der Waals surface area contributed by atoms with Crippen LogP contribution in [0.2, 0.25) is 0 Å². The number of hydrogen-bond acceptors (Lipinski definition) is 4. The zero-order valence-corrected chi connectivity index (χ0v) is 10.8. The lowest BCUT2D eigenvalue weighted by atomic mass is 10.1. The molecule has 18 heavy (non-hydrogen) atoms. The molecule has 0 amide bonds. The molecule has 6 heteroatoms. The predicted molar refractivity (Wildman–Crippen MR) is 72.2 cm³/mol. The fourth-order valence-corrected chi connectivity index (χ4v) is 2.30. The van der Waals surface area contributed by atoms with Gasteiger partial charge in [0.1, 0.15) is 11.6 Å². The molecule has 0 aliphatic carbocycles. The zero-order chi connectivity index (χ0) is 13.0. The van der Waals surface area contributed by atoms with Crippen LogP contribution < -0.4 is 10.5 Å². The molecule has 4 N–H and O–H groups in total. The number of ether oxygens (including phenoxy) is 1. The normalized spacial score (nSPS) is 10.3. The van der Waals surface area contributed by atoms with E-state index in [0.29, 0.717) is 11.3 Å². The molecule has 0 radical (unpaired) electrons. The van der Waals surface area contributed by atoms with Crippen molar-refractivity contribution >= 4 is 17.6 Å². The smallest absolute Gasteiger partial charge is 0.165 e. The van der Waals surface area contributed by atoms with Crippen LogP contribution in [0.5, 0.6) is 5.75 Å². The number of nitrogens with two attached hydrogens (primary N) is 1. The summed E-state index contributed by atoms with van der Waals surface area (Å²) in [5.74, 6) is 1.42. The van der Waals surface area contributed by atoms with Crippen LogP contribution in [-0.2, 0) is 5.75 Å². The van der Waals surface area contributed by atoms with Crippen LogP contribution in [0.1, 0.15) is 11.1 Å². The molecular weight excluding hydrogens is 248 g/mol. The van der Waals surface area contributed by atoms with Crippen molar-refractivity contribution in [1.82, 2.24) is 9.97 Å². The first-order chi connectivity index (χ1) is 8.70. The maximum Gasteiger partial charge on any atom is 0.165 e. The summed E-state index contributed by atoms with van der Waals surface area (Å²) in [6.07, 6.45) is 3.52. The van der Waals surface area contributed by atoms with Gasteiger partial charge in [0.05, 0.1) is 12.7 Å². The quantitative estimate of drug-likeness (QED) is 0.437. The van der Waals surface area contributed by atoms with Crippen LogP contribution in [0.4, 0.5) is 0 Å². The van der Waals surface area contributed by atoms with Crippen LogP contribution >= 0.6 is 11.8 Å². The van der Waals surface area contributed by atoms with E-state index in [1.807, 2.05) is 12.1 Å². The maximum atomic E-state index is 7.44. The molecule has 5 nitrogen and oxygen atoms in total. The first kappa shape index (κ1) is 12.5. The third-order valence-electron chi connectivity index (χ3n) is 2.40. The van der Waals surface area contributed by atoms with Crippen LogP contribution in [-0.4, -0.2) is 22.9 Å². The van der Waals surface area contributed by atoms with E-state index in [1.165, 1.54) is 0 Å². The van der Waals surface area contributed by atoms with Crippen LogP contribution in [0.3, 0.4) is 0 Å². The summed E-state index contributed by atoms with van der Waals surface area (Å²) >= 11 is 1.61. The Kier molecular flexibility index (Phi) is 3.88. The molecule has 0 saturated carbocycles. The first-order valence-electron chi connectivity index (χ1n) is 5.34. The van der Waals surface area contributed by atoms with Crippen LogP contribution in [0, 0.1) is 5.41 Å². The van der Waals surface area contributed by atoms with Gasteiger partial charge in [-0.25, -0.2) is 4.98 Å². The summed E-state index contributed by atoms with van der Waals surface area (Å²) in [7, 11) is 1.57. The molecule has 0 fully saturated rings. The minimum Gasteiger partial charge on any atom is -0.496 e. The van der Waals surface area contributed by atoms with Crippen molar-refractivity contribution in [2.75, 3.05) is 7.11 Å². The van der Waals surface area contributed by atoms with Crippen molar-refractivity contribution in [3.8, 4) is 5.75 Å². The van der Waals surface area contributed by atoms with Crippen molar-refractivity contribution in [1.29, 1.82) is 5.41 Å². The Morgan fingerprint density at radius 1 is 1.56 bits per heavy atom. The van der Waals surface area contributed by atoms with Gasteiger partial charge in [-0.2, -0.15) is 0 Å². The van der Waals surface area contributed by atoms with Gasteiger partial charge in [-0.1, -0.05) is 17.8 Å². The second-order valence-corrected chi connectivity index (χ2v) is 4.60. The molecule has 1 aromatic heterocycles. The minimum absolute atomic E-state index is 0.0112. The summed E-state index contributed by atoms with van der Waals surface area (Å²) in [5, 5.41) is 8.32. The molecule has 2 aromatic rings. The van der Waals surface area contributed by atoms with E-state index in [9.17, 15) is 0 Å². The Morgan fingerprint density at radius 2 is 2.39 bits per heavy atom. The van der Waals surface area contributed by atoms with Crippen molar-refractivity contribution in [3.05, 3.63) is 41.7 Å². The monoisotopic (exact) mass is 262 g/mol. The van der Waals surface area contributed by atoms with Gasteiger partial charge in [0.15, 0.2) is 5.16 Å². The van der Waals surface area contributed by atoms with Gasteiger partial charge in [-0.15, -0.1) is 0 Å². The number of amidine groups is 1. The van der Waals surface area contributed by atoms with Gasteiger partial charge in [0.25, 0.3) is 0 Å². The molecule has 2 rings (SSSR count). The van der Waals surface area contributed by atoms with E-state index in [4.69, 9.17) is 15.9 Å². The molecule has 1 heterocycles. The first-order valence-corrected chi connectivity index (χ1v) is 6.32. The number of methoxy groups -OCH3 is 1. The van der Waals surface area contributed by atoms with Gasteiger partial charge < -0.3 is 15.5 Å². The highest BCUT2D eigenvalue weighted by molar-refractivity contribution is 7.98. The standard InChI is InChI=1S/C12H14N4OS/c1-17-10-6-8(2-3-9(10)11(13)14)7-18-12-15-4-5-16-12/h2-6H,7H2,1H3,(H3,13,14)(H,15,16). The molecule has 0 aliphatic heterocycles. The Balaban J connectivity index is 2.12. The molecule has 0 atom stereocenters. The highest BCUT2D eigenvalue weighted by Gasteiger charge is 2.07. The summed E-state index contributed by atoms with van der Waals surface area (Å²) in [5.41, 5.74) is 7.19. The topological polar surface area (TPSA) is 87.8 Å². The van der Waals surface area contributed by atoms with E-state index < -0.39 is 0 Å². The number of nitrogens with one attached hydrogen (secondary N) is 2. The number of rotatable bonds is 5. The number of hydrogen-bond donors (Lipinski definition) is 3. The van der Waals surface area contributed by atoms with Gasteiger partial charge in [-0.05, 0) is 17.7 Å². The predicted octanol–water partition coefficient (Wildman–Crippen LogP) is 1.99. The van der Waals surface area contributed by atoms with E-state index in [0.717, 1.165) is 16.5 Å². The number of nitrogens with zero attached hydrogens (tertiary/aromatic N) is 1. The number of thioether (sulfide) groups is 1. The molecule has 0 aliphatic rings. The Labute approximate surface area is 109 Å². The number of benzene rings is 1. The molecule has 0 spiro atoms. The lowest BCUT2D eigenvalue weighted by Gasteiger charge is -2.09. The molecule has 0 bridgehead atoms. The molecule has 94 valence electrons. The average molecular weight is 262 g/mol.